The minimum Gasteiger partial charge on any atom is -0.348 e. The lowest BCUT2D eigenvalue weighted by atomic mass is 10.1. The Labute approximate surface area is 145 Å². The van der Waals surface area contributed by atoms with Gasteiger partial charge in [-0.05, 0) is 34.1 Å². The molecular formula is C16H28O7S. The van der Waals surface area contributed by atoms with Crippen molar-refractivity contribution in [2.45, 2.75) is 89.7 Å². The van der Waals surface area contributed by atoms with E-state index in [1.54, 1.807) is 0 Å². The molecule has 0 spiro atoms. The zero-order chi connectivity index (χ0) is 17.5. The van der Waals surface area contributed by atoms with Gasteiger partial charge in [-0.1, -0.05) is 13.3 Å². The topological polar surface area (TPSA) is 72.5 Å². The average Bonchev–Trinajstić information content (AvgIpc) is 3.08. The van der Waals surface area contributed by atoms with E-state index >= 15 is 0 Å². The molecule has 0 saturated carbocycles. The first-order valence-corrected chi connectivity index (χ1v) is 9.83. The van der Waals surface area contributed by atoms with Gasteiger partial charge in [0.1, 0.15) is 24.4 Å². The Morgan fingerprint density at radius 2 is 1.83 bits per heavy atom. The lowest BCUT2D eigenvalue weighted by Crippen LogP contribution is -2.44. The summed E-state index contributed by atoms with van der Waals surface area (Å²) in [5.41, 5.74) is 0. The molecule has 0 bridgehead atoms. The van der Waals surface area contributed by atoms with Gasteiger partial charge < -0.3 is 23.7 Å². The summed E-state index contributed by atoms with van der Waals surface area (Å²) in [6.07, 6.45) is -0.438. The van der Waals surface area contributed by atoms with E-state index in [1.165, 1.54) is 0 Å². The Hall–Kier alpha value is -0.0900. The van der Waals surface area contributed by atoms with E-state index in [-0.39, 0.29) is 6.10 Å². The molecule has 3 fully saturated rings. The van der Waals surface area contributed by atoms with Gasteiger partial charge in [-0.2, -0.15) is 0 Å². The Morgan fingerprint density at radius 1 is 1.08 bits per heavy atom. The summed E-state index contributed by atoms with van der Waals surface area (Å²) in [5, 5.41) is 0. The minimum absolute atomic E-state index is 0.311. The molecule has 0 amide bonds. The standard InChI is InChI=1S/C16H28O7S/c1-6-7-8-24(17)23-12-11(10-9-18-15(2,3)20-10)19-14-13(12)21-16(4,5)22-14/h10-14H,6-9H2,1-5H3/t10-,11-,12+,13-,14-,24?/m1/s1. The summed E-state index contributed by atoms with van der Waals surface area (Å²) in [7, 11) is 0. The second-order valence-electron chi connectivity index (χ2n) is 7.36. The van der Waals surface area contributed by atoms with Gasteiger partial charge in [0, 0.05) is 5.75 Å². The SMILES string of the molecule is CCCCS(=O)O[C@@H]1[C@H]2OC(C)(C)O[C@H]2O[C@@H]1[C@H]1COC(C)(C)O1. The van der Waals surface area contributed by atoms with Crippen LogP contribution in [0.3, 0.4) is 0 Å². The van der Waals surface area contributed by atoms with Gasteiger partial charge in [-0.25, -0.2) is 4.21 Å². The molecule has 3 saturated heterocycles. The Morgan fingerprint density at radius 3 is 2.46 bits per heavy atom. The van der Waals surface area contributed by atoms with Crippen molar-refractivity contribution in [3.05, 3.63) is 0 Å². The second kappa shape index (κ2) is 6.90. The predicted octanol–water partition coefficient (Wildman–Crippen LogP) is 1.86. The van der Waals surface area contributed by atoms with E-state index < -0.39 is 47.3 Å². The molecule has 24 heavy (non-hydrogen) atoms. The van der Waals surface area contributed by atoms with Crippen LogP contribution in [0.25, 0.3) is 0 Å². The number of unbranched alkanes of at least 4 members (excludes halogenated alkanes) is 1. The molecule has 0 radical (unpaired) electrons. The van der Waals surface area contributed by atoms with Crippen LogP contribution in [0.2, 0.25) is 0 Å². The van der Waals surface area contributed by atoms with E-state index in [0.29, 0.717) is 12.4 Å². The molecule has 0 aromatic rings. The highest BCUT2D eigenvalue weighted by atomic mass is 32.2. The van der Waals surface area contributed by atoms with Crippen LogP contribution in [-0.4, -0.2) is 58.8 Å². The van der Waals surface area contributed by atoms with Gasteiger partial charge >= 0.3 is 0 Å². The van der Waals surface area contributed by atoms with Crippen LogP contribution in [0.5, 0.6) is 0 Å². The summed E-state index contributed by atoms with van der Waals surface area (Å²) in [4.78, 5) is 0. The first kappa shape index (κ1) is 18.7. The van der Waals surface area contributed by atoms with Crippen LogP contribution < -0.4 is 0 Å². The Balaban J connectivity index is 1.72. The van der Waals surface area contributed by atoms with Crippen LogP contribution in [0.1, 0.15) is 47.5 Å². The summed E-state index contributed by atoms with van der Waals surface area (Å²) in [6.45, 7) is 9.81. The molecule has 0 aliphatic carbocycles. The monoisotopic (exact) mass is 364 g/mol. The number of ether oxygens (including phenoxy) is 5. The number of hydrogen-bond acceptors (Lipinski definition) is 7. The lowest BCUT2D eigenvalue weighted by Gasteiger charge is -2.28. The Kier molecular flexibility index (Phi) is 5.38. The van der Waals surface area contributed by atoms with E-state index in [2.05, 4.69) is 6.92 Å². The third-order valence-corrected chi connectivity index (χ3v) is 5.37. The molecule has 3 rings (SSSR count). The summed E-state index contributed by atoms with van der Waals surface area (Å²) in [6, 6.07) is 0. The van der Waals surface area contributed by atoms with Crippen molar-refractivity contribution >= 4 is 11.1 Å². The molecule has 6 atom stereocenters. The minimum atomic E-state index is -1.40. The van der Waals surface area contributed by atoms with Crippen LogP contribution >= 0.6 is 0 Å². The maximum atomic E-state index is 12.3. The van der Waals surface area contributed by atoms with Crippen molar-refractivity contribution in [2.24, 2.45) is 0 Å². The van der Waals surface area contributed by atoms with Crippen molar-refractivity contribution < 1.29 is 32.1 Å². The highest BCUT2D eigenvalue weighted by Gasteiger charge is 2.59. The maximum absolute atomic E-state index is 12.3. The van der Waals surface area contributed by atoms with Crippen LogP contribution in [0.4, 0.5) is 0 Å². The first-order chi connectivity index (χ1) is 11.2. The smallest absolute Gasteiger partial charge is 0.190 e. The quantitative estimate of drug-likeness (QED) is 0.712. The number of rotatable bonds is 6. The number of hydrogen-bond donors (Lipinski definition) is 0. The average molecular weight is 364 g/mol. The van der Waals surface area contributed by atoms with Crippen molar-refractivity contribution in [3.8, 4) is 0 Å². The fraction of sp³-hybridized carbons (Fsp3) is 1.00. The number of fused-ring (bicyclic) bond motifs is 1. The predicted molar refractivity (Wildman–Crippen MR) is 86.4 cm³/mol. The van der Waals surface area contributed by atoms with Gasteiger partial charge in [-0.15, -0.1) is 0 Å². The maximum Gasteiger partial charge on any atom is 0.190 e. The molecule has 140 valence electrons. The van der Waals surface area contributed by atoms with Crippen molar-refractivity contribution in [3.63, 3.8) is 0 Å². The summed E-state index contributed by atoms with van der Waals surface area (Å²) in [5.74, 6) is -0.924. The lowest BCUT2D eigenvalue weighted by molar-refractivity contribution is -0.230. The molecule has 7 nitrogen and oxygen atoms in total. The van der Waals surface area contributed by atoms with Crippen molar-refractivity contribution in [1.29, 1.82) is 0 Å². The molecule has 0 aromatic heterocycles. The van der Waals surface area contributed by atoms with E-state index in [0.717, 1.165) is 12.8 Å². The van der Waals surface area contributed by atoms with Gasteiger partial charge in [-0.3, -0.25) is 4.18 Å². The highest BCUT2D eigenvalue weighted by molar-refractivity contribution is 7.80. The molecule has 3 heterocycles. The summed E-state index contributed by atoms with van der Waals surface area (Å²) >= 11 is -1.40. The largest absolute Gasteiger partial charge is 0.348 e. The summed E-state index contributed by atoms with van der Waals surface area (Å²) < 4.78 is 47.3. The van der Waals surface area contributed by atoms with Gasteiger partial charge in [0.25, 0.3) is 0 Å². The second-order valence-corrected chi connectivity index (χ2v) is 8.57. The van der Waals surface area contributed by atoms with Crippen LogP contribution in [0.15, 0.2) is 0 Å². The molecule has 8 heteroatoms. The van der Waals surface area contributed by atoms with E-state index in [4.69, 9.17) is 27.9 Å². The van der Waals surface area contributed by atoms with Crippen LogP contribution in [0, 0.1) is 0 Å². The molecule has 3 aliphatic heterocycles. The van der Waals surface area contributed by atoms with E-state index in [1.807, 2.05) is 27.7 Å². The molecule has 0 aromatic carbocycles. The molecular weight excluding hydrogens is 336 g/mol. The zero-order valence-corrected chi connectivity index (χ0v) is 15.8. The fourth-order valence-electron chi connectivity index (χ4n) is 3.22. The third kappa shape index (κ3) is 4.00. The van der Waals surface area contributed by atoms with Gasteiger partial charge in [0.15, 0.2) is 28.9 Å². The van der Waals surface area contributed by atoms with Crippen molar-refractivity contribution in [2.75, 3.05) is 12.4 Å². The Bertz CT molecular complexity index is 481. The first-order valence-electron chi connectivity index (χ1n) is 8.59. The molecule has 1 unspecified atom stereocenters. The van der Waals surface area contributed by atoms with Gasteiger partial charge in [0.05, 0.1) is 6.61 Å². The van der Waals surface area contributed by atoms with Crippen LogP contribution in [-0.2, 0) is 38.9 Å². The zero-order valence-electron chi connectivity index (χ0n) is 15.0. The third-order valence-electron chi connectivity index (χ3n) is 4.31. The van der Waals surface area contributed by atoms with Crippen molar-refractivity contribution in [1.82, 2.24) is 0 Å². The highest BCUT2D eigenvalue weighted by Crippen LogP contribution is 2.42. The molecule has 3 aliphatic rings. The van der Waals surface area contributed by atoms with E-state index in [9.17, 15) is 4.21 Å². The normalized spacial score (nSPS) is 41.5. The molecule has 0 N–H and O–H groups in total. The fourth-order valence-corrected chi connectivity index (χ4v) is 4.31. The van der Waals surface area contributed by atoms with Gasteiger partial charge in [0.2, 0.25) is 0 Å².